The van der Waals surface area contributed by atoms with E-state index in [4.69, 9.17) is 14.7 Å². The number of nitriles is 1. The Morgan fingerprint density at radius 1 is 1.33 bits per heavy atom. The van der Waals surface area contributed by atoms with Gasteiger partial charge in [-0.2, -0.15) is 5.26 Å². The molecule has 1 aromatic heterocycles. The van der Waals surface area contributed by atoms with E-state index in [1.807, 2.05) is 36.4 Å². The fourth-order valence-corrected chi connectivity index (χ4v) is 1.67. The molecule has 2 rings (SSSR count). The largest absolute Gasteiger partial charge is 0.495 e. The summed E-state index contributed by atoms with van der Waals surface area (Å²) in [7, 11) is 1.44. The van der Waals surface area contributed by atoms with E-state index in [1.165, 1.54) is 13.3 Å². The van der Waals surface area contributed by atoms with Crippen LogP contribution in [0.25, 0.3) is 0 Å². The van der Waals surface area contributed by atoms with Gasteiger partial charge in [-0.1, -0.05) is 30.3 Å². The van der Waals surface area contributed by atoms with Crippen molar-refractivity contribution < 1.29 is 14.3 Å². The topological polar surface area (TPSA) is 84.2 Å². The Kier molecular flexibility index (Phi) is 4.72. The molecule has 6 heteroatoms. The van der Waals surface area contributed by atoms with Crippen LogP contribution < -0.4 is 10.1 Å². The monoisotopic (exact) mass is 283 g/mol. The molecule has 0 radical (unpaired) electrons. The van der Waals surface area contributed by atoms with Crippen molar-refractivity contribution in [2.24, 2.45) is 0 Å². The van der Waals surface area contributed by atoms with E-state index in [1.54, 1.807) is 6.07 Å². The highest BCUT2D eigenvalue weighted by molar-refractivity contribution is 5.85. The van der Waals surface area contributed by atoms with E-state index in [9.17, 15) is 4.79 Å². The lowest BCUT2D eigenvalue weighted by molar-refractivity contribution is 0.155. The first kappa shape index (κ1) is 14.3. The van der Waals surface area contributed by atoms with Crippen LogP contribution in [-0.2, 0) is 11.3 Å². The molecule has 0 spiro atoms. The predicted molar refractivity (Wildman–Crippen MR) is 75.8 cm³/mol. The molecule has 0 atom stereocenters. The quantitative estimate of drug-likeness (QED) is 0.932. The molecule has 0 bridgehead atoms. The first-order valence-electron chi connectivity index (χ1n) is 6.15. The minimum atomic E-state index is -0.684. The number of nitrogens with one attached hydrogen (secondary N) is 1. The molecule has 6 nitrogen and oxygen atoms in total. The van der Waals surface area contributed by atoms with Crippen molar-refractivity contribution in [2.45, 2.75) is 6.61 Å². The highest BCUT2D eigenvalue weighted by atomic mass is 16.5. The molecule has 1 heterocycles. The first-order chi connectivity index (χ1) is 10.2. The maximum atomic E-state index is 11.7. The van der Waals surface area contributed by atoms with Crippen molar-refractivity contribution in [3.63, 3.8) is 0 Å². The number of benzene rings is 1. The van der Waals surface area contributed by atoms with Gasteiger partial charge in [0.2, 0.25) is 0 Å². The van der Waals surface area contributed by atoms with Crippen LogP contribution in [0.3, 0.4) is 0 Å². The second kappa shape index (κ2) is 6.91. The van der Waals surface area contributed by atoms with Gasteiger partial charge >= 0.3 is 6.09 Å². The van der Waals surface area contributed by atoms with E-state index in [-0.39, 0.29) is 18.0 Å². The normalized spacial score (nSPS) is 9.52. The zero-order valence-electron chi connectivity index (χ0n) is 11.4. The Morgan fingerprint density at radius 3 is 2.76 bits per heavy atom. The first-order valence-corrected chi connectivity index (χ1v) is 6.15. The summed E-state index contributed by atoms with van der Waals surface area (Å²) in [4.78, 5) is 15.7. The van der Waals surface area contributed by atoms with E-state index in [0.29, 0.717) is 5.75 Å². The summed E-state index contributed by atoms with van der Waals surface area (Å²) < 4.78 is 10.1. The molecule has 106 valence electrons. The molecule has 2 aromatic rings. The molecule has 0 unspecified atom stereocenters. The number of carbonyl (C=O) groups excluding carboxylic acids is 1. The summed E-state index contributed by atoms with van der Waals surface area (Å²) in [5, 5.41) is 11.5. The minimum absolute atomic E-state index is 0.106. The van der Waals surface area contributed by atoms with E-state index in [0.717, 1.165) is 5.56 Å². The van der Waals surface area contributed by atoms with Crippen LogP contribution in [0.15, 0.2) is 42.6 Å². The molecule has 1 aromatic carbocycles. The molecular weight excluding hydrogens is 270 g/mol. The smallest absolute Gasteiger partial charge is 0.413 e. The highest BCUT2D eigenvalue weighted by Gasteiger charge is 2.13. The van der Waals surface area contributed by atoms with Crippen molar-refractivity contribution in [1.82, 2.24) is 4.98 Å². The van der Waals surface area contributed by atoms with Gasteiger partial charge in [-0.3, -0.25) is 5.32 Å². The lowest BCUT2D eigenvalue weighted by atomic mass is 10.2. The van der Waals surface area contributed by atoms with Gasteiger partial charge in [0, 0.05) is 6.20 Å². The minimum Gasteiger partial charge on any atom is -0.495 e. The maximum Gasteiger partial charge on any atom is 0.413 e. The Hall–Kier alpha value is -3.07. The Balaban J connectivity index is 2.02. The van der Waals surface area contributed by atoms with Crippen LogP contribution in [0.2, 0.25) is 0 Å². The number of aromatic nitrogens is 1. The summed E-state index contributed by atoms with van der Waals surface area (Å²) in [6.45, 7) is 0.137. The highest BCUT2D eigenvalue weighted by Crippen LogP contribution is 2.22. The molecule has 0 aliphatic rings. The Labute approximate surface area is 121 Å². The number of hydrogen-bond acceptors (Lipinski definition) is 5. The lowest BCUT2D eigenvalue weighted by Crippen LogP contribution is -2.15. The Bertz CT molecular complexity index is 666. The second-order valence-corrected chi connectivity index (χ2v) is 4.04. The van der Waals surface area contributed by atoms with Crippen molar-refractivity contribution in [3.05, 3.63) is 53.7 Å². The van der Waals surface area contributed by atoms with Crippen LogP contribution in [0.1, 0.15) is 11.1 Å². The SMILES string of the molecule is COc1ccnc(NC(=O)OCc2ccccc2)c1C#N. The summed E-state index contributed by atoms with van der Waals surface area (Å²) in [6, 6.07) is 12.8. The zero-order valence-corrected chi connectivity index (χ0v) is 11.4. The lowest BCUT2D eigenvalue weighted by Gasteiger charge is -2.09. The summed E-state index contributed by atoms with van der Waals surface area (Å²) >= 11 is 0. The third-order valence-electron chi connectivity index (χ3n) is 2.68. The van der Waals surface area contributed by atoms with E-state index >= 15 is 0 Å². The molecule has 21 heavy (non-hydrogen) atoms. The van der Waals surface area contributed by atoms with Crippen LogP contribution in [0, 0.1) is 11.3 Å². The number of anilines is 1. The van der Waals surface area contributed by atoms with Crippen LogP contribution in [0.4, 0.5) is 10.6 Å². The Morgan fingerprint density at radius 2 is 2.10 bits per heavy atom. The predicted octanol–water partition coefficient (Wildman–Crippen LogP) is 2.71. The van der Waals surface area contributed by atoms with Gasteiger partial charge < -0.3 is 9.47 Å². The summed E-state index contributed by atoms with van der Waals surface area (Å²) in [6.07, 6.45) is 0.753. The fraction of sp³-hybridized carbons (Fsp3) is 0.133. The van der Waals surface area contributed by atoms with Crippen LogP contribution >= 0.6 is 0 Å². The number of methoxy groups -OCH3 is 1. The van der Waals surface area contributed by atoms with Crippen molar-refractivity contribution in [3.8, 4) is 11.8 Å². The number of rotatable bonds is 4. The summed E-state index contributed by atoms with van der Waals surface area (Å²) in [5.74, 6) is 0.445. The number of nitrogens with zero attached hydrogens (tertiary/aromatic N) is 2. The molecule has 1 amide bonds. The number of pyridine rings is 1. The number of amides is 1. The van der Waals surface area contributed by atoms with E-state index in [2.05, 4.69) is 10.3 Å². The van der Waals surface area contributed by atoms with Gasteiger partial charge in [-0.25, -0.2) is 9.78 Å². The molecule has 0 saturated heterocycles. The van der Waals surface area contributed by atoms with E-state index < -0.39 is 6.09 Å². The third kappa shape index (κ3) is 3.70. The number of hydrogen-bond donors (Lipinski definition) is 1. The average Bonchev–Trinajstić information content (AvgIpc) is 2.53. The van der Waals surface area contributed by atoms with Crippen molar-refractivity contribution in [2.75, 3.05) is 12.4 Å². The average molecular weight is 283 g/mol. The molecular formula is C15H13N3O3. The van der Waals surface area contributed by atoms with Crippen LogP contribution in [0.5, 0.6) is 5.75 Å². The molecule has 0 saturated carbocycles. The standard InChI is InChI=1S/C15H13N3O3/c1-20-13-7-8-17-14(12(13)9-16)18-15(19)21-10-11-5-3-2-4-6-11/h2-8H,10H2,1H3,(H,17,18,19). The van der Waals surface area contributed by atoms with Crippen molar-refractivity contribution >= 4 is 11.9 Å². The van der Waals surface area contributed by atoms with Gasteiger partial charge in [0.25, 0.3) is 0 Å². The van der Waals surface area contributed by atoms with Gasteiger partial charge in [0.05, 0.1) is 7.11 Å². The zero-order chi connectivity index (χ0) is 15.1. The van der Waals surface area contributed by atoms with Gasteiger partial charge in [0.15, 0.2) is 5.82 Å². The molecule has 0 fully saturated rings. The second-order valence-electron chi connectivity index (χ2n) is 4.04. The third-order valence-corrected chi connectivity index (χ3v) is 2.68. The van der Waals surface area contributed by atoms with Crippen LogP contribution in [-0.4, -0.2) is 18.2 Å². The number of carbonyl (C=O) groups is 1. The maximum absolute atomic E-state index is 11.7. The van der Waals surface area contributed by atoms with Gasteiger partial charge in [-0.15, -0.1) is 0 Å². The molecule has 1 N–H and O–H groups in total. The fourth-order valence-electron chi connectivity index (χ4n) is 1.67. The molecule has 0 aliphatic heterocycles. The molecule has 0 aliphatic carbocycles. The summed E-state index contributed by atoms with van der Waals surface area (Å²) in [5.41, 5.74) is 1.02. The van der Waals surface area contributed by atoms with Crippen molar-refractivity contribution in [1.29, 1.82) is 5.26 Å². The number of ether oxygens (including phenoxy) is 2. The van der Waals surface area contributed by atoms with Gasteiger partial charge in [0.1, 0.15) is 24.0 Å². The van der Waals surface area contributed by atoms with Gasteiger partial charge in [-0.05, 0) is 11.6 Å².